The van der Waals surface area contributed by atoms with Crippen molar-refractivity contribution in [2.24, 2.45) is 0 Å². The highest BCUT2D eigenvalue weighted by Gasteiger charge is 2.02. The number of unbranched alkanes of at least 4 members (excludes halogenated alkanes) is 12. The van der Waals surface area contributed by atoms with Gasteiger partial charge in [-0.25, -0.2) is 0 Å². The van der Waals surface area contributed by atoms with E-state index in [-0.39, 0.29) is 5.91 Å². The lowest BCUT2D eigenvalue weighted by molar-refractivity contribution is -0.128. The second kappa shape index (κ2) is 17.4. The largest absolute Gasteiger partial charge is 0.349 e. The Morgan fingerprint density at radius 3 is 1.61 bits per heavy atom. The normalized spacial score (nSPS) is 10.2. The first kappa shape index (κ1) is 22.0. The fourth-order valence-electron chi connectivity index (χ4n) is 2.59. The Kier molecular flexibility index (Phi) is 16.7. The molecule has 0 aromatic rings. The summed E-state index contributed by atoms with van der Waals surface area (Å²) in [6, 6.07) is 0. The molecule has 0 aliphatic rings. The molecule has 0 atom stereocenters. The van der Waals surface area contributed by atoms with Gasteiger partial charge in [-0.05, 0) is 19.3 Å². The van der Waals surface area contributed by atoms with Crippen molar-refractivity contribution in [1.82, 2.24) is 4.90 Å². The average molecular weight is 322 g/mol. The van der Waals surface area contributed by atoms with Crippen LogP contribution in [0.15, 0.2) is 0 Å². The van der Waals surface area contributed by atoms with Crippen molar-refractivity contribution in [2.75, 3.05) is 14.1 Å². The van der Waals surface area contributed by atoms with Crippen molar-refractivity contribution in [3.05, 3.63) is 0 Å². The molecule has 0 heterocycles. The molecular weight excluding hydrogens is 282 g/mol. The van der Waals surface area contributed by atoms with Gasteiger partial charge in [0.25, 0.3) is 0 Å². The van der Waals surface area contributed by atoms with Gasteiger partial charge in [-0.15, -0.1) is 11.8 Å². The van der Waals surface area contributed by atoms with Gasteiger partial charge in [-0.3, -0.25) is 4.79 Å². The molecule has 0 saturated carbocycles. The number of carbonyl (C=O) groups excluding carboxylic acids is 1. The summed E-state index contributed by atoms with van der Waals surface area (Å²) in [6.45, 7) is 2.26. The summed E-state index contributed by atoms with van der Waals surface area (Å²) in [5.74, 6) is 6.89. The Bertz CT molecular complexity index is 324. The molecular formula is C21H39NO. The Morgan fingerprint density at radius 1 is 0.696 bits per heavy atom. The van der Waals surface area contributed by atoms with Crippen LogP contribution in [0.2, 0.25) is 0 Å². The van der Waals surface area contributed by atoms with Gasteiger partial charge in [-0.2, -0.15) is 0 Å². The molecule has 2 heteroatoms. The third-order valence-electron chi connectivity index (χ3n) is 4.22. The van der Waals surface area contributed by atoms with Crippen molar-refractivity contribution < 1.29 is 4.79 Å². The van der Waals surface area contributed by atoms with Crippen molar-refractivity contribution >= 4 is 5.91 Å². The quantitative estimate of drug-likeness (QED) is 0.286. The minimum Gasteiger partial charge on any atom is -0.349 e. The summed E-state index contributed by atoms with van der Waals surface area (Å²) in [4.78, 5) is 13.1. The topological polar surface area (TPSA) is 20.3 Å². The Balaban J connectivity index is 3.19. The van der Waals surface area contributed by atoms with Crippen molar-refractivity contribution in [1.29, 1.82) is 0 Å². The van der Waals surface area contributed by atoms with Crippen LogP contribution in [-0.4, -0.2) is 24.9 Å². The molecule has 0 rings (SSSR count). The maximum absolute atomic E-state index is 11.4. The van der Waals surface area contributed by atoms with Crippen LogP contribution < -0.4 is 0 Å². The second-order valence-electron chi connectivity index (χ2n) is 6.78. The maximum Gasteiger partial charge on any atom is 0.222 e. The number of hydrogen-bond donors (Lipinski definition) is 0. The fraction of sp³-hybridized carbons (Fsp3) is 0.857. The summed E-state index contributed by atoms with van der Waals surface area (Å²) >= 11 is 0. The molecule has 23 heavy (non-hydrogen) atoms. The van der Waals surface area contributed by atoms with Crippen LogP contribution in [0.3, 0.4) is 0 Å². The van der Waals surface area contributed by atoms with Crippen molar-refractivity contribution in [2.45, 2.75) is 103 Å². The van der Waals surface area contributed by atoms with E-state index in [0.717, 1.165) is 19.3 Å². The van der Waals surface area contributed by atoms with E-state index in [1.54, 1.807) is 4.90 Å². The zero-order valence-corrected chi connectivity index (χ0v) is 16.0. The van der Waals surface area contributed by atoms with Gasteiger partial charge in [0.2, 0.25) is 5.91 Å². The maximum atomic E-state index is 11.4. The average Bonchev–Trinajstić information content (AvgIpc) is 2.54. The third kappa shape index (κ3) is 17.2. The van der Waals surface area contributed by atoms with Crippen LogP contribution in [0.25, 0.3) is 0 Å². The van der Waals surface area contributed by atoms with Crippen LogP contribution >= 0.6 is 0 Å². The molecule has 0 aliphatic carbocycles. The molecule has 0 fully saturated rings. The van der Waals surface area contributed by atoms with Gasteiger partial charge in [-0.1, -0.05) is 64.7 Å². The summed E-state index contributed by atoms with van der Waals surface area (Å²) in [5.41, 5.74) is 0. The molecule has 0 unspecified atom stereocenters. The first-order valence-corrected chi connectivity index (χ1v) is 9.84. The molecule has 1 amide bonds. The number of carbonyl (C=O) groups is 1. The fourth-order valence-corrected chi connectivity index (χ4v) is 2.59. The summed E-state index contributed by atoms with van der Waals surface area (Å²) < 4.78 is 0. The van der Waals surface area contributed by atoms with E-state index in [9.17, 15) is 4.79 Å². The lowest BCUT2D eigenvalue weighted by Crippen LogP contribution is -2.20. The van der Waals surface area contributed by atoms with E-state index in [2.05, 4.69) is 18.8 Å². The van der Waals surface area contributed by atoms with Gasteiger partial charge in [0, 0.05) is 33.4 Å². The van der Waals surface area contributed by atoms with Gasteiger partial charge >= 0.3 is 0 Å². The molecule has 0 spiro atoms. The van der Waals surface area contributed by atoms with E-state index in [1.807, 2.05) is 14.1 Å². The molecule has 0 N–H and O–H groups in total. The SMILES string of the molecule is CCCCCCCCC#CCCCCCCCCC(=O)N(C)C. The molecule has 0 aliphatic heterocycles. The van der Waals surface area contributed by atoms with E-state index >= 15 is 0 Å². The highest BCUT2D eigenvalue weighted by Crippen LogP contribution is 2.09. The molecule has 0 radical (unpaired) electrons. The number of hydrogen-bond acceptors (Lipinski definition) is 1. The highest BCUT2D eigenvalue weighted by atomic mass is 16.2. The molecule has 0 bridgehead atoms. The van der Waals surface area contributed by atoms with E-state index < -0.39 is 0 Å². The predicted octanol–water partition coefficient (Wildman–Crippen LogP) is 5.95. The zero-order valence-electron chi connectivity index (χ0n) is 16.0. The minimum absolute atomic E-state index is 0.255. The van der Waals surface area contributed by atoms with Gasteiger partial charge in [0.05, 0.1) is 0 Å². The number of amides is 1. The van der Waals surface area contributed by atoms with Crippen LogP contribution in [0.1, 0.15) is 103 Å². The molecule has 0 aromatic heterocycles. The molecule has 134 valence electrons. The van der Waals surface area contributed by atoms with Crippen LogP contribution in [0.5, 0.6) is 0 Å². The summed E-state index contributed by atoms with van der Waals surface area (Å²) in [6.07, 6.45) is 18.3. The zero-order chi connectivity index (χ0) is 17.2. The van der Waals surface area contributed by atoms with E-state index in [1.165, 1.54) is 70.6 Å². The monoisotopic (exact) mass is 321 g/mol. The summed E-state index contributed by atoms with van der Waals surface area (Å²) in [5, 5.41) is 0. The van der Waals surface area contributed by atoms with Crippen LogP contribution in [0.4, 0.5) is 0 Å². The molecule has 0 saturated heterocycles. The first-order valence-electron chi connectivity index (χ1n) is 9.84. The van der Waals surface area contributed by atoms with Crippen LogP contribution in [0, 0.1) is 11.8 Å². The minimum atomic E-state index is 0.255. The lowest BCUT2D eigenvalue weighted by Gasteiger charge is -2.09. The van der Waals surface area contributed by atoms with Crippen LogP contribution in [-0.2, 0) is 4.79 Å². The second-order valence-corrected chi connectivity index (χ2v) is 6.78. The molecule has 2 nitrogen and oxygen atoms in total. The third-order valence-corrected chi connectivity index (χ3v) is 4.22. The smallest absolute Gasteiger partial charge is 0.222 e. The van der Waals surface area contributed by atoms with Gasteiger partial charge in [0.15, 0.2) is 0 Å². The van der Waals surface area contributed by atoms with E-state index in [0.29, 0.717) is 6.42 Å². The Labute approximate surface area is 145 Å². The standard InChI is InChI=1S/C21H39NO/c1-4-5-6-7-8-9-10-11-12-13-14-15-16-17-18-19-20-21(23)22(2)3/h4-10,13-20H2,1-3H3. The van der Waals surface area contributed by atoms with Gasteiger partial charge in [0.1, 0.15) is 0 Å². The molecule has 0 aromatic carbocycles. The van der Waals surface area contributed by atoms with Gasteiger partial charge < -0.3 is 4.90 Å². The predicted molar refractivity (Wildman–Crippen MR) is 101 cm³/mol. The Morgan fingerprint density at radius 2 is 1.13 bits per heavy atom. The highest BCUT2D eigenvalue weighted by molar-refractivity contribution is 5.75. The lowest BCUT2D eigenvalue weighted by atomic mass is 10.1. The van der Waals surface area contributed by atoms with E-state index in [4.69, 9.17) is 0 Å². The number of rotatable bonds is 14. The Hall–Kier alpha value is -0.970. The first-order chi connectivity index (χ1) is 11.2. The van der Waals surface area contributed by atoms with Crippen molar-refractivity contribution in [3.63, 3.8) is 0 Å². The number of nitrogens with zero attached hydrogens (tertiary/aromatic N) is 1. The van der Waals surface area contributed by atoms with Crippen molar-refractivity contribution in [3.8, 4) is 11.8 Å². The summed E-state index contributed by atoms with van der Waals surface area (Å²) in [7, 11) is 3.66.